The summed E-state index contributed by atoms with van der Waals surface area (Å²) in [6.07, 6.45) is 4.16. The SMILES string of the molecule is COc1ccc2nccc(C(F)CC[C@@H]3CCN(CC#Cc4cncs4)C[C@@H]3CC(=O)O)c2c1. The highest BCUT2D eigenvalue weighted by Gasteiger charge is 2.31. The molecule has 0 aliphatic carbocycles. The molecule has 2 aromatic heterocycles. The maximum absolute atomic E-state index is 15.4. The fourth-order valence-corrected chi connectivity index (χ4v) is 5.20. The van der Waals surface area contributed by atoms with Crippen LogP contribution in [0.1, 0.15) is 42.3 Å². The number of methoxy groups -OCH3 is 1. The summed E-state index contributed by atoms with van der Waals surface area (Å²) in [4.78, 5) is 23.0. The van der Waals surface area contributed by atoms with E-state index in [4.69, 9.17) is 4.74 Å². The molecule has 3 aromatic rings. The highest BCUT2D eigenvalue weighted by molar-refractivity contribution is 7.10. The zero-order valence-corrected chi connectivity index (χ0v) is 19.9. The van der Waals surface area contributed by atoms with Crippen molar-refractivity contribution in [3.63, 3.8) is 0 Å². The number of carbonyl (C=O) groups is 1. The molecule has 0 bridgehead atoms. The van der Waals surface area contributed by atoms with Crippen molar-refractivity contribution in [3.05, 3.63) is 52.6 Å². The van der Waals surface area contributed by atoms with Crippen LogP contribution in [0.4, 0.5) is 4.39 Å². The molecular weight excluding hydrogens is 453 g/mol. The molecule has 3 atom stereocenters. The van der Waals surface area contributed by atoms with Crippen LogP contribution in [-0.2, 0) is 4.79 Å². The van der Waals surface area contributed by atoms with E-state index in [9.17, 15) is 9.90 Å². The van der Waals surface area contributed by atoms with Gasteiger partial charge >= 0.3 is 5.97 Å². The second-order valence-corrected chi connectivity index (χ2v) is 9.52. The molecule has 0 saturated carbocycles. The van der Waals surface area contributed by atoms with E-state index >= 15 is 4.39 Å². The first-order valence-electron chi connectivity index (χ1n) is 11.4. The summed E-state index contributed by atoms with van der Waals surface area (Å²) in [5.41, 5.74) is 3.09. The van der Waals surface area contributed by atoms with E-state index in [1.165, 1.54) is 11.3 Å². The lowest BCUT2D eigenvalue weighted by Crippen LogP contribution is -2.41. The molecule has 1 unspecified atom stereocenters. The Morgan fingerprint density at radius 3 is 3.03 bits per heavy atom. The molecule has 6 nitrogen and oxygen atoms in total. The lowest BCUT2D eigenvalue weighted by atomic mass is 9.79. The van der Waals surface area contributed by atoms with E-state index in [-0.39, 0.29) is 18.3 Å². The van der Waals surface area contributed by atoms with Gasteiger partial charge in [-0.25, -0.2) is 4.39 Å². The Morgan fingerprint density at radius 2 is 2.26 bits per heavy atom. The van der Waals surface area contributed by atoms with Gasteiger partial charge in [0.25, 0.3) is 0 Å². The number of thiazole rings is 1. The van der Waals surface area contributed by atoms with E-state index in [0.717, 1.165) is 28.7 Å². The third kappa shape index (κ3) is 6.10. The topological polar surface area (TPSA) is 75.5 Å². The normalized spacial score (nSPS) is 19.4. The van der Waals surface area contributed by atoms with Gasteiger partial charge in [-0.3, -0.25) is 19.7 Å². The van der Waals surface area contributed by atoms with Gasteiger partial charge in [0.05, 0.1) is 35.8 Å². The first-order valence-corrected chi connectivity index (χ1v) is 12.3. The molecule has 1 saturated heterocycles. The zero-order chi connectivity index (χ0) is 23.9. The minimum absolute atomic E-state index is 0.0158. The molecule has 1 aromatic carbocycles. The van der Waals surface area contributed by atoms with Crippen molar-refractivity contribution in [2.75, 3.05) is 26.7 Å². The van der Waals surface area contributed by atoms with Gasteiger partial charge in [0.15, 0.2) is 0 Å². The van der Waals surface area contributed by atoms with Crippen LogP contribution in [-0.4, -0.2) is 52.7 Å². The monoisotopic (exact) mass is 481 g/mol. The van der Waals surface area contributed by atoms with Crippen molar-refractivity contribution >= 4 is 28.2 Å². The number of aliphatic carboxylic acids is 1. The van der Waals surface area contributed by atoms with Gasteiger partial charge in [-0.15, -0.1) is 11.3 Å². The van der Waals surface area contributed by atoms with Crippen molar-refractivity contribution in [2.45, 2.75) is 31.9 Å². The van der Waals surface area contributed by atoms with Gasteiger partial charge in [0.1, 0.15) is 11.9 Å². The zero-order valence-electron chi connectivity index (χ0n) is 19.1. The summed E-state index contributed by atoms with van der Waals surface area (Å²) < 4.78 is 20.7. The van der Waals surface area contributed by atoms with Crippen molar-refractivity contribution in [2.24, 2.45) is 11.8 Å². The van der Waals surface area contributed by atoms with Crippen molar-refractivity contribution in [1.82, 2.24) is 14.9 Å². The maximum Gasteiger partial charge on any atom is 0.303 e. The van der Waals surface area contributed by atoms with E-state index in [2.05, 4.69) is 26.7 Å². The molecule has 4 rings (SSSR count). The lowest BCUT2D eigenvalue weighted by molar-refractivity contribution is -0.139. The molecule has 1 aliphatic heterocycles. The van der Waals surface area contributed by atoms with E-state index in [1.807, 2.05) is 18.2 Å². The van der Waals surface area contributed by atoms with Gasteiger partial charge in [0.2, 0.25) is 0 Å². The van der Waals surface area contributed by atoms with Gasteiger partial charge in [0, 0.05) is 24.5 Å². The Labute approximate surface area is 202 Å². The molecule has 1 aliphatic rings. The quantitative estimate of drug-likeness (QED) is 0.459. The molecule has 34 heavy (non-hydrogen) atoms. The van der Waals surface area contributed by atoms with E-state index in [1.54, 1.807) is 31.1 Å². The summed E-state index contributed by atoms with van der Waals surface area (Å²) >= 11 is 1.50. The van der Waals surface area contributed by atoms with Crippen LogP contribution in [0.3, 0.4) is 0 Å². The minimum Gasteiger partial charge on any atom is -0.497 e. The van der Waals surface area contributed by atoms with Gasteiger partial charge in [-0.2, -0.15) is 0 Å². The van der Waals surface area contributed by atoms with E-state index in [0.29, 0.717) is 37.2 Å². The van der Waals surface area contributed by atoms with Gasteiger partial charge in [-0.1, -0.05) is 11.8 Å². The summed E-state index contributed by atoms with van der Waals surface area (Å²) in [7, 11) is 1.59. The number of hydrogen-bond acceptors (Lipinski definition) is 6. The molecule has 0 amide bonds. The Kier molecular flexibility index (Phi) is 8.09. The number of halogens is 1. The van der Waals surface area contributed by atoms with E-state index < -0.39 is 12.1 Å². The average molecular weight is 482 g/mol. The summed E-state index contributed by atoms with van der Waals surface area (Å²) in [6, 6.07) is 7.20. The number of aromatic nitrogens is 2. The predicted molar refractivity (Wildman–Crippen MR) is 131 cm³/mol. The third-order valence-electron chi connectivity index (χ3n) is 6.47. The molecule has 1 N–H and O–H groups in total. The molecule has 178 valence electrons. The van der Waals surface area contributed by atoms with Crippen molar-refractivity contribution in [1.29, 1.82) is 0 Å². The van der Waals surface area contributed by atoms with Gasteiger partial charge < -0.3 is 9.84 Å². The third-order valence-corrected chi connectivity index (χ3v) is 7.16. The number of carboxylic acid groups (broad SMARTS) is 1. The number of pyridine rings is 1. The standard InChI is InChI=1S/C26H28FN3O3S/c1-33-20-5-7-25-23(14-20)22(8-10-29-25)24(27)6-4-18-9-12-30(16-19(18)13-26(31)32)11-2-3-21-15-28-17-34-21/h5,7-8,10,14-15,17-19,24H,4,6,9,11-13,16H2,1H3,(H,31,32)/t18-,19+,24?/m1/s1. The highest BCUT2D eigenvalue weighted by atomic mass is 32.1. The average Bonchev–Trinajstić information content (AvgIpc) is 3.36. The smallest absolute Gasteiger partial charge is 0.303 e. The first-order chi connectivity index (χ1) is 16.5. The number of carboxylic acids is 1. The number of fused-ring (bicyclic) bond motifs is 1. The number of hydrogen-bond donors (Lipinski definition) is 1. The Hall–Kier alpha value is -3.02. The lowest BCUT2D eigenvalue weighted by Gasteiger charge is -2.37. The molecule has 1 fully saturated rings. The highest BCUT2D eigenvalue weighted by Crippen LogP contribution is 2.36. The number of benzene rings is 1. The molecule has 8 heteroatoms. The number of ether oxygens (including phenoxy) is 1. The summed E-state index contributed by atoms with van der Waals surface area (Å²) in [5, 5.41) is 10.2. The van der Waals surface area contributed by atoms with Crippen LogP contribution in [0.15, 0.2) is 42.2 Å². The second-order valence-electron chi connectivity index (χ2n) is 8.64. The minimum atomic E-state index is -1.15. The Balaban J connectivity index is 1.39. The molecule has 0 radical (unpaired) electrons. The van der Waals surface area contributed by atoms with Gasteiger partial charge in [-0.05, 0) is 67.5 Å². The fraction of sp³-hybridized carbons (Fsp3) is 0.423. The fourth-order valence-electron chi connectivity index (χ4n) is 4.71. The van der Waals surface area contributed by atoms with Crippen LogP contribution in [0.25, 0.3) is 10.9 Å². The number of likely N-dealkylation sites (tertiary alicyclic amines) is 1. The first kappa shape index (κ1) is 24.1. The summed E-state index contributed by atoms with van der Waals surface area (Å²) in [5.74, 6) is 6.28. The van der Waals surface area contributed by atoms with Crippen LogP contribution in [0, 0.1) is 23.7 Å². The second kappa shape index (κ2) is 11.4. The molecular formula is C26H28FN3O3S. The van der Waals surface area contributed by atoms with Crippen molar-refractivity contribution in [3.8, 4) is 17.6 Å². The Morgan fingerprint density at radius 1 is 1.38 bits per heavy atom. The molecule has 3 heterocycles. The maximum atomic E-state index is 15.4. The van der Waals surface area contributed by atoms with Crippen LogP contribution in [0.2, 0.25) is 0 Å². The number of nitrogens with zero attached hydrogens (tertiary/aromatic N) is 3. The Bertz CT molecular complexity index is 1170. The summed E-state index contributed by atoms with van der Waals surface area (Å²) in [6.45, 7) is 2.10. The number of alkyl halides is 1. The number of rotatable bonds is 8. The number of piperidine rings is 1. The predicted octanol–water partition coefficient (Wildman–Crippen LogP) is 4.96. The largest absolute Gasteiger partial charge is 0.497 e. The van der Waals surface area contributed by atoms with Crippen LogP contribution < -0.4 is 4.74 Å². The molecule has 0 spiro atoms. The van der Waals surface area contributed by atoms with Crippen LogP contribution >= 0.6 is 11.3 Å². The van der Waals surface area contributed by atoms with Crippen LogP contribution in [0.5, 0.6) is 5.75 Å². The van der Waals surface area contributed by atoms with Crippen molar-refractivity contribution < 1.29 is 19.0 Å².